The maximum atomic E-state index is 14.1. The Hall–Kier alpha value is -3.16. The van der Waals surface area contributed by atoms with Crippen molar-refractivity contribution in [1.29, 1.82) is 5.41 Å². The van der Waals surface area contributed by atoms with E-state index >= 15 is 0 Å². The topological polar surface area (TPSA) is 78.8 Å². The summed E-state index contributed by atoms with van der Waals surface area (Å²) in [7, 11) is 0. The van der Waals surface area contributed by atoms with Crippen LogP contribution in [0.3, 0.4) is 0 Å². The molecule has 3 heterocycles. The summed E-state index contributed by atoms with van der Waals surface area (Å²) in [6, 6.07) is 7.55. The van der Waals surface area contributed by atoms with Gasteiger partial charge in [-0.05, 0) is 63.4 Å². The van der Waals surface area contributed by atoms with Gasteiger partial charge in [0.2, 0.25) is 5.90 Å². The van der Waals surface area contributed by atoms with Gasteiger partial charge in [-0.15, -0.1) is 0 Å². The van der Waals surface area contributed by atoms with Crippen molar-refractivity contribution in [2.45, 2.75) is 39.3 Å². The van der Waals surface area contributed by atoms with Crippen molar-refractivity contribution in [1.82, 2.24) is 9.88 Å². The second-order valence-electron chi connectivity index (χ2n) is 8.51. The number of pyridine rings is 1. The Morgan fingerprint density at radius 2 is 2.03 bits per heavy atom. The van der Waals surface area contributed by atoms with Gasteiger partial charge >= 0.3 is 0 Å². The van der Waals surface area contributed by atoms with Gasteiger partial charge in [-0.25, -0.2) is 9.37 Å². The molecule has 0 radical (unpaired) electrons. The number of likely N-dealkylation sites (tertiary alicyclic amines) is 1. The number of aryl methyl sites for hydroxylation is 1. The molecule has 0 unspecified atom stereocenters. The molecule has 170 valence electrons. The molecule has 1 aromatic heterocycles. The number of carbonyl (C=O) groups excluding carboxylic acids is 1. The van der Waals surface area contributed by atoms with Gasteiger partial charge in [0.15, 0.2) is 11.6 Å². The summed E-state index contributed by atoms with van der Waals surface area (Å²) in [6.07, 6.45) is 2.26. The molecule has 0 aliphatic carbocycles. The Morgan fingerprint density at radius 1 is 1.28 bits per heavy atom. The van der Waals surface area contributed by atoms with Gasteiger partial charge in [-0.1, -0.05) is 0 Å². The van der Waals surface area contributed by atoms with E-state index in [1.807, 2.05) is 36.9 Å². The molecule has 1 aromatic carbocycles. The summed E-state index contributed by atoms with van der Waals surface area (Å²) in [6.45, 7) is 7.73. The van der Waals surface area contributed by atoms with Crippen molar-refractivity contribution >= 4 is 23.3 Å². The van der Waals surface area contributed by atoms with E-state index in [0.717, 1.165) is 16.8 Å². The fourth-order valence-corrected chi connectivity index (χ4v) is 4.12. The third-order valence-electron chi connectivity index (χ3n) is 6.06. The van der Waals surface area contributed by atoms with Gasteiger partial charge in [-0.3, -0.25) is 10.2 Å². The Bertz CT molecular complexity index is 1030. The van der Waals surface area contributed by atoms with Crippen LogP contribution in [0.5, 0.6) is 5.75 Å². The molecule has 2 aliphatic heterocycles. The van der Waals surface area contributed by atoms with E-state index in [0.29, 0.717) is 62.8 Å². The minimum Gasteiger partial charge on any atom is -0.488 e. The third-order valence-corrected chi connectivity index (χ3v) is 6.06. The van der Waals surface area contributed by atoms with Crippen molar-refractivity contribution in [3.8, 4) is 5.75 Å². The zero-order chi connectivity index (χ0) is 22.9. The Kier molecular flexibility index (Phi) is 6.04. The van der Waals surface area contributed by atoms with E-state index < -0.39 is 5.67 Å². The molecule has 2 aliphatic rings. The largest absolute Gasteiger partial charge is 0.488 e. The number of piperidine rings is 1. The van der Waals surface area contributed by atoms with E-state index in [-0.39, 0.29) is 11.8 Å². The molecule has 1 saturated heterocycles. The van der Waals surface area contributed by atoms with Crippen LogP contribution in [0.25, 0.3) is 0 Å². The normalized spacial score (nSPS) is 17.4. The molecular weight excluding hydrogens is 411 g/mol. The zero-order valence-corrected chi connectivity index (χ0v) is 18.8. The van der Waals surface area contributed by atoms with Crippen LogP contribution in [0.2, 0.25) is 0 Å². The first-order valence-corrected chi connectivity index (χ1v) is 11.0. The Balaban J connectivity index is 1.55. The average Bonchev–Trinajstić information content (AvgIpc) is 2.78. The molecular formula is C24H29FN4O3. The lowest BCUT2D eigenvalue weighted by molar-refractivity contribution is 0.0503. The Morgan fingerprint density at radius 3 is 2.72 bits per heavy atom. The number of fused-ring (bicyclic) bond motifs is 1. The lowest BCUT2D eigenvalue weighted by atomic mass is 9.95. The third kappa shape index (κ3) is 4.40. The molecule has 0 bridgehead atoms. The average molecular weight is 441 g/mol. The van der Waals surface area contributed by atoms with Crippen LogP contribution in [0.1, 0.15) is 48.2 Å². The number of hydrogen-bond acceptors (Lipinski definition) is 6. The molecule has 1 N–H and O–H groups in total. The van der Waals surface area contributed by atoms with Crippen molar-refractivity contribution in [3.63, 3.8) is 0 Å². The lowest BCUT2D eigenvalue weighted by Crippen LogP contribution is -2.43. The quantitative estimate of drug-likeness (QED) is 0.568. The maximum absolute atomic E-state index is 14.1. The minimum atomic E-state index is -1.21. The number of carbonyl (C=O) groups is 1. The second kappa shape index (κ2) is 8.76. The SMILES string of the molecule is CCOC(=N)c1ccc(N2CCOc3cc(C(=O)N4CCC(C)(F)CC4)cnc32)cc1C. The van der Waals surface area contributed by atoms with Crippen LogP contribution in [0.15, 0.2) is 30.5 Å². The number of anilines is 2. The number of rotatable bonds is 4. The highest BCUT2D eigenvalue weighted by molar-refractivity contribution is 5.95. The fraction of sp³-hybridized carbons (Fsp3) is 0.458. The van der Waals surface area contributed by atoms with E-state index in [1.165, 1.54) is 0 Å². The summed E-state index contributed by atoms with van der Waals surface area (Å²) >= 11 is 0. The molecule has 0 spiro atoms. The molecule has 8 heteroatoms. The predicted octanol–water partition coefficient (Wildman–Crippen LogP) is 4.25. The maximum Gasteiger partial charge on any atom is 0.255 e. The van der Waals surface area contributed by atoms with Crippen molar-refractivity contribution in [2.75, 3.05) is 37.7 Å². The predicted molar refractivity (Wildman–Crippen MR) is 121 cm³/mol. The standard InChI is InChI=1S/C24H29FN4O3/c1-4-31-21(26)19-6-5-18(13-16(19)2)29-11-12-32-20-14-17(15-27-22(20)29)23(30)28-9-7-24(3,25)8-10-28/h5-6,13-15,26H,4,7-12H2,1-3H3. The molecule has 0 saturated carbocycles. The molecule has 7 nitrogen and oxygen atoms in total. The molecule has 1 amide bonds. The number of hydrogen-bond donors (Lipinski definition) is 1. The number of nitrogens with one attached hydrogen (secondary N) is 1. The first-order chi connectivity index (χ1) is 15.3. The highest BCUT2D eigenvalue weighted by atomic mass is 19.1. The Labute approximate surface area is 187 Å². The molecule has 1 fully saturated rings. The second-order valence-corrected chi connectivity index (χ2v) is 8.51. The van der Waals surface area contributed by atoms with E-state index in [4.69, 9.17) is 14.9 Å². The molecule has 4 rings (SSSR count). The number of alkyl halides is 1. The van der Waals surface area contributed by atoms with Crippen molar-refractivity contribution < 1.29 is 18.7 Å². The summed E-state index contributed by atoms with van der Waals surface area (Å²) in [5.41, 5.74) is 1.87. The molecule has 2 aromatic rings. The number of benzene rings is 1. The van der Waals surface area contributed by atoms with Gasteiger partial charge in [0, 0.05) is 30.5 Å². The minimum absolute atomic E-state index is 0.147. The van der Waals surface area contributed by atoms with Crippen LogP contribution >= 0.6 is 0 Å². The lowest BCUT2D eigenvalue weighted by Gasteiger charge is -2.34. The van der Waals surface area contributed by atoms with Gasteiger partial charge in [0.1, 0.15) is 12.3 Å². The van der Waals surface area contributed by atoms with Crippen molar-refractivity contribution in [2.24, 2.45) is 0 Å². The van der Waals surface area contributed by atoms with E-state index in [1.54, 1.807) is 24.1 Å². The number of nitrogens with zero attached hydrogens (tertiary/aromatic N) is 3. The first kappa shape index (κ1) is 22.0. The summed E-state index contributed by atoms with van der Waals surface area (Å²) in [4.78, 5) is 21.2. The smallest absolute Gasteiger partial charge is 0.255 e. The highest BCUT2D eigenvalue weighted by Crippen LogP contribution is 2.36. The number of amides is 1. The molecule has 32 heavy (non-hydrogen) atoms. The molecule has 0 atom stereocenters. The van der Waals surface area contributed by atoms with Crippen LogP contribution in [-0.4, -0.2) is 60.2 Å². The van der Waals surface area contributed by atoms with Gasteiger partial charge in [0.25, 0.3) is 5.91 Å². The van der Waals surface area contributed by atoms with Gasteiger partial charge < -0.3 is 19.3 Å². The summed E-state index contributed by atoms with van der Waals surface area (Å²) < 4.78 is 25.2. The van der Waals surface area contributed by atoms with Crippen molar-refractivity contribution in [3.05, 3.63) is 47.2 Å². The number of ether oxygens (including phenoxy) is 2. The highest BCUT2D eigenvalue weighted by Gasteiger charge is 2.32. The van der Waals surface area contributed by atoms with Gasteiger partial charge in [0.05, 0.1) is 18.7 Å². The number of halogens is 1. The van der Waals surface area contributed by atoms with Gasteiger partial charge in [-0.2, -0.15) is 0 Å². The number of aromatic nitrogens is 1. The van der Waals surface area contributed by atoms with Crippen LogP contribution in [0, 0.1) is 12.3 Å². The van der Waals surface area contributed by atoms with E-state index in [2.05, 4.69) is 4.98 Å². The van der Waals surface area contributed by atoms with Crippen LogP contribution in [-0.2, 0) is 4.74 Å². The van der Waals surface area contributed by atoms with Crippen LogP contribution < -0.4 is 9.64 Å². The first-order valence-electron chi connectivity index (χ1n) is 11.0. The monoisotopic (exact) mass is 440 g/mol. The summed E-state index contributed by atoms with van der Waals surface area (Å²) in [5, 5.41) is 8.05. The van der Waals surface area contributed by atoms with Crippen LogP contribution in [0.4, 0.5) is 15.9 Å². The van der Waals surface area contributed by atoms with E-state index in [9.17, 15) is 9.18 Å². The summed E-state index contributed by atoms with van der Waals surface area (Å²) in [5.74, 6) is 1.21. The zero-order valence-electron chi connectivity index (χ0n) is 18.8. The fourth-order valence-electron chi connectivity index (χ4n) is 4.12.